The first-order valence-corrected chi connectivity index (χ1v) is 26.8. The first kappa shape index (κ1) is 54.2. The Hall–Kier alpha value is -0.830. The predicted molar refractivity (Wildman–Crippen MR) is 253 cm³/mol. The molecule has 0 fully saturated rings. The van der Waals surface area contributed by atoms with Gasteiger partial charge in [0.05, 0.1) is 19.4 Å². The third-order valence-electron chi connectivity index (χ3n) is 12.0. The van der Waals surface area contributed by atoms with Crippen LogP contribution in [-0.4, -0.2) is 24.5 Å². The molecule has 5 heteroatoms. The third-order valence-corrected chi connectivity index (χ3v) is 14.1. The van der Waals surface area contributed by atoms with Crippen LogP contribution in [0.1, 0.15) is 278 Å². The molecule has 0 aliphatic rings. The standard InChI is InChI=1S/C52H99O4P/c1-9-11-13-15-17-19-21-23-25-27-29-31-33-35-37-39-42-55-57(54,44-40-38-36-34-32-30-28-26-24-22-20-18-16-14-12-10-2)56-43-41-47-45-48(51(3,4)5)50(53)49(46-47)52(6,7)8/h45-46,53H,9-44H2,1-8H3. The highest BCUT2D eigenvalue weighted by Gasteiger charge is 2.28. The summed E-state index contributed by atoms with van der Waals surface area (Å²) in [6, 6.07) is 4.23. The number of phenolic OH excluding ortho intramolecular Hbond substituents is 1. The highest BCUT2D eigenvalue weighted by molar-refractivity contribution is 7.53. The van der Waals surface area contributed by atoms with E-state index in [-0.39, 0.29) is 10.8 Å². The Morgan fingerprint density at radius 3 is 1.04 bits per heavy atom. The van der Waals surface area contributed by atoms with Crippen molar-refractivity contribution in [1.82, 2.24) is 0 Å². The summed E-state index contributed by atoms with van der Waals surface area (Å²) >= 11 is 0. The zero-order valence-electron chi connectivity index (χ0n) is 39.7. The molecule has 0 aliphatic carbocycles. The molecule has 0 spiro atoms. The quantitative estimate of drug-likeness (QED) is 0.0531. The first-order chi connectivity index (χ1) is 27.3. The molecule has 1 aromatic rings. The first-order valence-electron chi connectivity index (χ1n) is 25.1. The van der Waals surface area contributed by atoms with Crippen molar-refractivity contribution in [2.75, 3.05) is 19.4 Å². The summed E-state index contributed by atoms with van der Waals surface area (Å²) in [5.74, 6) is 0.399. The van der Waals surface area contributed by atoms with Crippen molar-refractivity contribution in [2.24, 2.45) is 0 Å². The maximum Gasteiger partial charge on any atom is 0.330 e. The number of phenols is 1. The molecular formula is C52H99O4P. The van der Waals surface area contributed by atoms with E-state index in [1.807, 2.05) is 0 Å². The van der Waals surface area contributed by atoms with E-state index in [9.17, 15) is 9.67 Å². The Labute approximate surface area is 357 Å². The van der Waals surface area contributed by atoms with E-state index < -0.39 is 7.60 Å². The van der Waals surface area contributed by atoms with Crippen LogP contribution < -0.4 is 0 Å². The van der Waals surface area contributed by atoms with Gasteiger partial charge in [0.1, 0.15) is 5.75 Å². The second kappa shape index (κ2) is 33.8. The molecule has 336 valence electrons. The summed E-state index contributed by atoms with van der Waals surface area (Å²) in [4.78, 5) is 0. The Morgan fingerprint density at radius 2 is 0.719 bits per heavy atom. The van der Waals surface area contributed by atoms with Gasteiger partial charge >= 0.3 is 7.60 Å². The molecule has 1 rings (SSSR count). The monoisotopic (exact) mass is 819 g/mol. The molecule has 0 aromatic heterocycles. The summed E-state index contributed by atoms with van der Waals surface area (Å²) in [7, 11) is -3.18. The summed E-state index contributed by atoms with van der Waals surface area (Å²) < 4.78 is 26.6. The van der Waals surface area contributed by atoms with Crippen LogP contribution in [0.25, 0.3) is 0 Å². The zero-order valence-corrected chi connectivity index (χ0v) is 40.6. The normalized spacial score (nSPS) is 13.4. The minimum absolute atomic E-state index is 0.181. The molecule has 0 heterocycles. The smallest absolute Gasteiger partial charge is 0.330 e. The summed E-state index contributed by atoms with van der Waals surface area (Å²) in [5, 5.41) is 11.2. The Balaban J connectivity index is 2.47. The van der Waals surface area contributed by atoms with Crippen molar-refractivity contribution in [3.63, 3.8) is 0 Å². The van der Waals surface area contributed by atoms with Crippen LogP contribution in [0, 0.1) is 0 Å². The number of aromatic hydroxyl groups is 1. The molecule has 4 nitrogen and oxygen atoms in total. The minimum atomic E-state index is -3.18. The fourth-order valence-corrected chi connectivity index (χ4v) is 9.88. The topological polar surface area (TPSA) is 55.8 Å². The fourth-order valence-electron chi connectivity index (χ4n) is 8.16. The van der Waals surface area contributed by atoms with E-state index in [0.717, 1.165) is 42.4 Å². The number of unbranched alkanes of at least 4 members (excludes halogenated alkanes) is 30. The van der Waals surface area contributed by atoms with Crippen LogP contribution in [0.2, 0.25) is 0 Å². The van der Waals surface area contributed by atoms with Gasteiger partial charge in [-0.1, -0.05) is 260 Å². The lowest BCUT2D eigenvalue weighted by molar-refractivity contribution is 0.201. The number of rotatable bonds is 39. The van der Waals surface area contributed by atoms with Gasteiger partial charge < -0.3 is 14.2 Å². The predicted octanol–water partition coefficient (Wildman–Crippen LogP) is 18.3. The van der Waals surface area contributed by atoms with E-state index in [0.29, 0.717) is 31.5 Å². The van der Waals surface area contributed by atoms with Gasteiger partial charge in [-0.3, -0.25) is 4.57 Å². The highest BCUT2D eigenvalue weighted by atomic mass is 31.2. The second-order valence-corrected chi connectivity index (χ2v) is 22.1. The van der Waals surface area contributed by atoms with Gasteiger partial charge in [-0.05, 0) is 46.8 Å². The Bertz CT molecular complexity index is 1080. The molecule has 0 saturated carbocycles. The molecule has 1 N–H and O–H groups in total. The lowest BCUT2D eigenvalue weighted by Crippen LogP contribution is -2.18. The van der Waals surface area contributed by atoms with Crippen LogP contribution in [0.15, 0.2) is 12.1 Å². The van der Waals surface area contributed by atoms with Crippen LogP contribution in [-0.2, 0) is 30.9 Å². The third kappa shape index (κ3) is 29.1. The van der Waals surface area contributed by atoms with Gasteiger partial charge in [-0.2, -0.15) is 0 Å². The number of hydrogen-bond donors (Lipinski definition) is 1. The SMILES string of the molecule is CCCCCCCCCCCCCCCCCCOP(=O)(CCCCCCCCCCCCCCCCCC)OCCc1cc(C(C)(C)C)c(O)c(C(C)(C)C)c1. The van der Waals surface area contributed by atoms with Gasteiger partial charge in [0.15, 0.2) is 0 Å². The molecule has 0 bridgehead atoms. The minimum Gasteiger partial charge on any atom is -0.507 e. The largest absolute Gasteiger partial charge is 0.507 e. The van der Waals surface area contributed by atoms with Crippen LogP contribution in [0.5, 0.6) is 5.75 Å². The molecule has 0 aliphatic heterocycles. The fraction of sp³-hybridized carbons (Fsp3) is 0.885. The summed E-state index contributed by atoms with van der Waals surface area (Å²) in [6.45, 7) is 18.4. The van der Waals surface area contributed by atoms with Crippen LogP contribution >= 0.6 is 7.60 Å². The second-order valence-electron chi connectivity index (χ2n) is 19.9. The average molecular weight is 819 g/mol. The van der Waals surface area contributed by atoms with E-state index >= 15 is 0 Å². The molecule has 0 amide bonds. The van der Waals surface area contributed by atoms with Crippen molar-refractivity contribution in [2.45, 2.75) is 278 Å². The van der Waals surface area contributed by atoms with E-state index in [4.69, 9.17) is 9.05 Å². The molecule has 1 unspecified atom stereocenters. The van der Waals surface area contributed by atoms with Gasteiger partial charge in [-0.25, -0.2) is 0 Å². The van der Waals surface area contributed by atoms with E-state index in [1.54, 1.807) is 0 Å². The maximum absolute atomic E-state index is 14.1. The van der Waals surface area contributed by atoms with E-state index in [1.165, 1.54) is 180 Å². The van der Waals surface area contributed by atoms with Crippen molar-refractivity contribution < 1.29 is 18.7 Å². The maximum atomic E-state index is 14.1. The Kier molecular flexibility index (Phi) is 32.2. The number of hydrogen-bond acceptors (Lipinski definition) is 4. The zero-order chi connectivity index (χ0) is 42.1. The van der Waals surface area contributed by atoms with Gasteiger partial charge in [0, 0.05) is 0 Å². The van der Waals surface area contributed by atoms with Crippen LogP contribution in [0.3, 0.4) is 0 Å². The molecule has 0 radical (unpaired) electrons. The van der Waals surface area contributed by atoms with E-state index in [2.05, 4.69) is 67.5 Å². The molecule has 1 aromatic carbocycles. The summed E-state index contributed by atoms with van der Waals surface area (Å²) in [5.41, 5.74) is 2.68. The Morgan fingerprint density at radius 1 is 0.439 bits per heavy atom. The van der Waals surface area contributed by atoms with Gasteiger partial charge in [-0.15, -0.1) is 0 Å². The van der Waals surface area contributed by atoms with Gasteiger partial charge in [0.2, 0.25) is 0 Å². The van der Waals surface area contributed by atoms with Crippen molar-refractivity contribution in [1.29, 1.82) is 0 Å². The van der Waals surface area contributed by atoms with Crippen molar-refractivity contribution in [3.8, 4) is 5.75 Å². The summed E-state index contributed by atoms with van der Waals surface area (Å²) in [6.07, 6.45) is 43.8. The van der Waals surface area contributed by atoms with Crippen LogP contribution in [0.4, 0.5) is 0 Å². The molecular weight excluding hydrogens is 720 g/mol. The molecule has 57 heavy (non-hydrogen) atoms. The van der Waals surface area contributed by atoms with Gasteiger partial charge in [0.25, 0.3) is 0 Å². The van der Waals surface area contributed by atoms with Crippen molar-refractivity contribution in [3.05, 3.63) is 28.8 Å². The van der Waals surface area contributed by atoms with Crippen molar-refractivity contribution >= 4 is 7.60 Å². The lowest BCUT2D eigenvalue weighted by Gasteiger charge is -2.28. The molecule has 1 atom stereocenters. The lowest BCUT2D eigenvalue weighted by atomic mass is 9.78. The molecule has 0 saturated heterocycles. The number of benzene rings is 1. The highest BCUT2D eigenvalue weighted by Crippen LogP contribution is 2.49. The average Bonchev–Trinajstić information content (AvgIpc) is 3.15.